The number of nitrogens with one attached hydrogen (secondary N) is 1. The Morgan fingerprint density at radius 2 is 2.10 bits per heavy atom. The third-order valence-electron chi connectivity index (χ3n) is 2.31. The summed E-state index contributed by atoms with van der Waals surface area (Å²) in [5.74, 6) is -0.541. The molecule has 1 rings (SSSR count). The minimum Gasteiger partial charge on any atom is -0.394 e. The average molecular weight is 292 g/mol. The molecule has 8 heteroatoms. The number of pyridine rings is 1. The van der Waals surface area contributed by atoms with E-state index in [-0.39, 0.29) is 18.9 Å². The molecule has 0 spiro atoms. The summed E-state index contributed by atoms with van der Waals surface area (Å²) in [5.41, 5.74) is -0.972. The van der Waals surface area contributed by atoms with E-state index in [1.807, 2.05) is 0 Å². The zero-order valence-electron chi connectivity index (χ0n) is 10.6. The van der Waals surface area contributed by atoms with E-state index in [1.54, 1.807) is 0 Å². The van der Waals surface area contributed by atoms with E-state index in [2.05, 4.69) is 10.3 Å². The van der Waals surface area contributed by atoms with Crippen LogP contribution in [0.3, 0.4) is 0 Å². The molecule has 0 aliphatic rings. The second kappa shape index (κ2) is 7.81. The Labute approximate surface area is 113 Å². The Hall–Kier alpha value is -1.67. The lowest BCUT2D eigenvalue weighted by molar-refractivity contribution is -0.137. The van der Waals surface area contributed by atoms with Crippen LogP contribution in [0.1, 0.15) is 22.5 Å². The number of carbonyl (C=O) groups excluding carboxylic acids is 1. The van der Waals surface area contributed by atoms with Crippen molar-refractivity contribution in [2.75, 3.05) is 26.4 Å². The lowest BCUT2D eigenvalue weighted by Gasteiger charge is -2.07. The number of aliphatic hydroxyl groups is 1. The van der Waals surface area contributed by atoms with Crippen LogP contribution in [0, 0.1) is 0 Å². The molecule has 5 nitrogen and oxygen atoms in total. The highest BCUT2D eigenvalue weighted by atomic mass is 19.4. The molecule has 0 aliphatic carbocycles. The maximum atomic E-state index is 12.3. The molecule has 0 radical (unpaired) electrons. The summed E-state index contributed by atoms with van der Waals surface area (Å²) < 4.78 is 41.9. The number of carbonyl (C=O) groups is 1. The number of nitrogens with zero attached hydrogens (tertiary/aromatic N) is 1. The molecule has 1 aromatic heterocycles. The minimum atomic E-state index is -4.47. The summed E-state index contributed by atoms with van der Waals surface area (Å²) in [7, 11) is 0. The van der Waals surface area contributed by atoms with Crippen molar-refractivity contribution in [3.63, 3.8) is 0 Å². The van der Waals surface area contributed by atoms with Gasteiger partial charge in [0.1, 0.15) is 5.69 Å². The largest absolute Gasteiger partial charge is 0.417 e. The highest BCUT2D eigenvalue weighted by Gasteiger charge is 2.30. The Kier molecular flexibility index (Phi) is 6.40. The third-order valence-corrected chi connectivity index (χ3v) is 2.31. The van der Waals surface area contributed by atoms with E-state index in [0.29, 0.717) is 25.8 Å². The SMILES string of the molecule is O=C(NCCCOCCO)c1ccc(C(F)(F)F)cn1. The minimum absolute atomic E-state index is 0.0676. The van der Waals surface area contributed by atoms with Crippen molar-refractivity contribution < 1.29 is 27.8 Å². The lowest BCUT2D eigenvalue weighted by atomic mass is 10.2. The van der Waals surface area contributed by atoms with Crippen LogP contribution in [-0.4, -0.2) is 42.4 Å². The van der Waals surface area contributed by atoms with Crippen LogP contribution >= 0.6 is 0 Å². The zero-order valence-corrected chi connectivity index (χ0v) is 10.6. The van der Waals surface area contributed by atoms with Crippen molar-refractivity contribution in [2.24, 2.45) is 0 Å². The van der Waals surface area contributed by atoms with Crippen molar-refractivity contribution >= 4 is 5.91 Å². The lowest BCUT2D eigenvalue weighted by Crippen LogP contribution is -2.26. The van der Waals surface area contributed by atoms with Gasteiger partial charge in [-0.05, 0) is 18.6 Å². The van der Waals surface area contributed by atoms with E-state index in [0.717, 1.165) is 12.1 Å². The first kappa shape index (κ1) is 16.4. The molecule has 2 N–H and O–H groups in total. The van der Waals surface area contributed by atoms with E-state index in [1.165, 1.54) is 0 Å². The molecule has 1 aromatic rings. The van der Waals surface area contributed by atoms with Crippen molar-refractivity contribution in [1.29, 1.82) is 0 Å². The monoisotopic (exact) mass is 292 g/mol. The smallest absolute Gasteiger partial charge is 0.394 e. The van der Waals surface area contributed by atoms with Crippen molar-refractivity contribution in [3.8, 4) is 0 Å². The van der Waals surface area contributed by atoms with Crippen LogP contribution in [0.4, 0.5) is 13.2 Å². The first-order chi connectivity index (χ1) is 9.45. The maximum absolute atomic E-state index is 12.3. The van der Waals surface area contributed by atoms with Gasteiger partial charge in [-0.1, -0.05) is 0 Å². The Morgan fingerprint density at radius 1 is 1.35 bits per heavy atom. The number of hydrogen-bond donors (Lipinski definition) is 2. The number of halogens is 3. The summed E-state index contributed by atoms with van der Waals surface area (Å²) in [5, 5.41) is 11.0. The number of alkyl halides is 3. The number of aliphatic hydroxyl groups excluding tert-OH is 1. The van der Waals surface area contributed by atoms with E-state index < -0.39 is 17.6 Å². The molecular formula is C12H15F3N2O3. The van der Waals surface area contributed by atoms with Gasteiger partial charge in [0.25, 0.3) is 5.91 Å². The molecule has 20 heavy (non-hydrogen) atoms. The molecule has 0 atom stereocenters. The number of ether oxygens (including phenoxy) is 1. The normalized spacial score (nSPS) is 11.4. The summed E-state index contributed by atoms with van der Waals surface area (Å²) in [4.78, 5) is 15.0. The van der Waals surface area contributed by atoms with Crippen LogP contribution < -0.4 is 5.32 Å². The van der Waals surface area contributed by atoms with Gasteiger partial charge in [-0.25, -0.2) is 0 Å². The summed E-state index contributed by atoms with van der Waals surface area (Å²) in [6.45, 7) is 0.852. The van der Waals surface area contributed by atoms with E-state index >= 15 is 0 Å². The molecule has 0 unspecified atom stereocenters. The number of amides is 1. The highest BCUT2D eigenvalue weighted by molar-refractivity contribution is 5.92. The second-order valence-electron chi connectivity index (χ2n) is 3.88. The van der Waals surface area contributed by atoms with Gasteiger partial charge in [0.05, 0.1) is 18.8 Å². The number of aromatic nitrogens is 1. The Bertz CT molecular complexity index is 421. The maximum Gasteiger partial charge on any atom is 0.417 e. The van der Waals surface area contributed by atoms with Gasteiger partial charge in [0.2, 0.25) is 0 Å². The van der Waals surface area contributed by atoms with Crippen LogP contribution in [0.25, 0.3) is 0 Å². The van der Waals surface area contributed by atoms with Crippen molar-refractivity contribution in [3.05, 3.63) is 29.6 Å². The predicted octanol–water partition coefficient (Wildman–Crippen LogP) is 1.23. The van der Waals surface area contributed by atoms with E-state index in [4.69, 9.17) is 9.84 Å². The number of hydrogen-bond acceptors (Lipinski definition) is 4. The fourth-order valence-electron chi connectivity index (χ4n) is 1.33. The molecule has 0 aliphatic heterocycles. The topological polar surface area (TPSA) is 71.5 Å². The van der Waals surface area contributed by atoms with Crippen LogP contribution in [0.2, 0.25) is 0 Å². The van der Waals surface area contributed by atoms with Gasteiger partial charge >= 0.3 is 6.18 Å². The van der Waals surface area contributed by atoms with Crippen LogP contribution in [0.5, 0.6) is 0 Å². The summed E-state index contributed by atoms with van der Waals surface area (Å²) in [6.07, 6.45) is -3.31. The fourth-order valence-corrected chi connectivity index (χ4v) is 1.33. The summed E-state index contributed by atoms with van der Waals surface area (Å²) in [6, 6.07) is 1.84. The van der Waals surface area contributed by atoms with Gasteiger partial charge in [-0.3, -0.25) is 9.78 Å². The fraction of sp³-hybridized carbons (Fsp3) is 0.500. The molecular weight excluding hydrogens is 277 g/mol. The van der Waals surface area contributed by atoms with Crippen molar-refractivity contribution in [2.45, 2.75) is 12.6 Å². The van der Waals surface area contributed by atoms with Gasteiger partial charge in [-0.15, -0.1) is 0 Å². The summed E-state index contributed by atoms with van der Waals surface area (Å²) >= 11 is 0. The van der Waals surface area contributed by atoms with Crippen LogP contribution in [0.15, 0.2) is 18.3 Å². The van der Waals surface area contributed by atoms with Crippen LogP contribution in [-0.2, 0) is 10.9 Å². The first-order valence-corrected chi connectivity index (χ1v) is 5.95. The molecule has 1 heterocycles. The Morgan fingerprint density at radius 3 is 2.65 bits per heavy atom. The molecule has 0 saturated heterocycles. The molecule has 0 saturated carbocycles. The molecule has 112 valence electrons. The van der Waals surface area contributed by atoms with Gasteiger partial charge in [-0.2, -0.15) is 13.2 Å². The quantitative estimate of drug-likeness (QED) is 0.742. The zero-order chi connectivity index (χ0) is 15.0. The van der Waals surface area contributed by atoms with Gasteiger partial charge in [0, 0.05) is 19.3 Å². The van der Waals surface area contributed by atoms with Gasteiger partial charge in [0.15, 0.2) is 0 Å². The molecule has 1 amide bonds. The average Bonchev–Trinajstić information content (AvgIpc) is 2.41. The predicted molar refractivity (Wildman–Crippen MR) is 64.1 cm³/mol. The Balaban J connectivity index is 2.37. The van der Waals surface area contributed by atoms with E-state index in [9.17, 15) is 18.0 Å². The highest BCUT2D eigenvalue weighted by Crippen LogP contribution is 2.28. The third kappa shape index (κ3) is 5.54. The van der Waals surface area contributed by atoms with Gasteiger partial charge < -0.3 is 15.2 Å². The molecule has 0 bridgehead atoms. The van der Waals surface area contributed by atoms with Crippen molar-refractivity contribution in [1.82, 2.24) is 10.3 Å². The number of rotatable bonds is 7. The molecule has 0 fully saturated rings. The standard InChI is InChI=1S/C12H15F3N2O3/c13-12(14,15)9-2-3-10(17-8-9)11(19)16-4-1-6-20-7-5-18/h2-3,8,18H,1,4-7H2,(H,16,19). The second-order valence-corrected chi connectivity index (χ2v) is 3.88. The first-order valence-electron chi connectivity index (χ1n) is 5.95. The molecule has 0 aromatic carbocycles.